The van der Waals surface area contributed by atoms with E-state index in [1.54, 1.807) is 36.4 Å². The fourth-order valence-electron chi connectivity index (χ4n) is 1.26. The highest BCUT2D eigenvalue weighted by atomic mass is 15.1. The third-order valence-electron chi connectivity index (χ3n) is 1.98. The number of hydrogen-bond donors (Lipinski definition) is 1. The number of pyridine rings is 2. The molecule has 0 atom stereocenters. The fraction of sp³-hybridized carbons (Fsp3) is 0. The van der Waals surface area contributed by atoms with E-state index in [0.717, 1.165) is 0 Å². The highest BCUT2D eigenvalue weighted by Gasteiger charge is 2.00. The van der Waals surface area contributed by atoms with Crippen LogP contribution in [-0.2, 0) is 0 Å². The van der Waals surface area contributed by atoms with Crippen molar-refractivity contribution in [1.82, 2.24) is 9.97 Å². The van der Waals surface area contributed by atoms with Crippen LogP contribution < -0.4 is 5.32 Å². The summed E-state index contributed by atoms with van der Waals surface area (Å²) in [6.45, 7) is 0. The molecule has 0 unspecified atom stereocenters. The number of nitrogens with one attached hydrogen (secondary N) is 1. The van der Waals surface area contributed by atoms with Gasteiger partial charge in [-0.3, -0.25) is 0 Å². The Labute approximate surface area is 98.0 Å². The van der Waals surface area contributed by atoms with Crippen LogP contribution in [0.3, 0.4) is 0 Å². The van der Waals surface area contributed by atoms with E-state index < -0.39 is 0 Å². The average Bonchev–Trinajstić information content (AvgIpc) is 2.39. The zero-order valence-electron chi connectivity index (χ0n) is 8.75. The Hall–Kier alpha value is -2.92. The van der Waals surface area contributed by atoms with Crippen molar-refractivity contribution in [3.8, 4) is 12.1 Å². The van der Waals surface area contributed by atoms with E-state index in [0.29, 0.717) is 23.0 Å². The third-order valence-corrected chi connectivity index (χ3v) is 1.98. The highest BCUT2D eigenvalue weighted by Crippen LogP contribution is 2.12. The first-order chi connectivity index (χ1) is 8.31. The number of anilines is 2. The van der Waals surface area contributed by atoms with Gasteiger partial charge >= 0.3 is 0 Å². The van der Waals surface area contributed by atoms with Gasteiger partial charge in [0, 0.05) is 0 Å². The number of rotatable bonds is 2. The van der Waals surface area contributed by atoms with E-state index in [-0.39, 0.29) is 0 Å². The monoisotopic (exact) mass is 221 g/mol. The number of nitriles is 2. The Kier molecular flexibility index (Phi) is 2.95. The molecule has 2 aromatic heterocycles. The van der Waals surface area contributed by atoms with E-state index in [9.17, 15) is 0 Å². The summed E-state index contributed by atoms with van der Waals surface area (Å²) in [5, 5.41) is 20.4. The highest BCUT2D eigenvalue weighted by molar-refractivity contribution is 5.53. The summed E-state index contributed by atoms with van der Waals surface area (Å²) >= 11 is 0. The molecule has 2 aromatic rings. The van der Waals surface area contributed by atoms with Crippen LogP contribution >= 0.6 is 0 Å². The van der Waals surface area contributed by atoms with Crippen LogP contribution in [-0.4, -0.2) is 9.97 Å². The van der Waals surface area contributed by atoms with Crippen molar-refractivity contribution in [2.75, 3.05) is 5.32 Å². The first-order valence-electron chi connectivity index (χ1n) is 4.83. The van der Waals surface area contributed by atoms with Crippen LogP contribution in [0.5, 0.6) is 0 Å². The van der Waals surface area contributed by atoms with Crippen LogP contribution in [0.1, 0.15) is 11.4 Å². The van der Waals surface area contributed by atoms with Crippen molar-refractivity contribution in [3.05, 3.63) is 47.8 Å². The van der Waals surface area contributed by atoms with Crippen LogP contribution in [0.25, 0.3) is 0 Å². The lowest BCUT2D eigenvalue weighted by Gasteiger charge is -2.04. The van der Waals surface area contributed by atoms with Gasteiger partial charge in [-0.1, -0.05) is 12.1 Å². The Morgan fingerprint density at radius 3 is 1.71 bits per heavy atom. The van der Waals surface area contributed by atoms with Gasteiger partial charge in [0.1, 0.15) is 35.2 Å². The molecular formula is C12H7N5. The van der Waals surface area contributed by atoms with E-state index in [4.69, 9.17) is 10.5 Å². The maximum atomic E-state index is 8.71. The lowest BCUT2D eigenvalue weighted by molar-refractivity contribution is 1.21. The summed E-state index contributed by atoms with van der Waals surface area (Å²) in [5.41, 5.74) is 0.651. The molecule has 0 amide bonds. The maximum Gasteiger partial charge on any atom is 0.142 e. The van der Waals surface area contributed by atoms with Gasteiger partial charge in [-0.2, -0.15) is 10.5 Å². The second kappa shape index (κ2) is 4.73. The topological polar surface area (TPSA) is 85.4 Å². The smallest absolute Gasteiger partial charge is 0.142 e. The SMILES string of the molecule is N#Cc1cccc(Nc2cccc(C#N)n2)n1. The van der Waals surface area contributed by atoms with Gasteiger partial charge < -0.3 is 5.32 Å². The van der Waals surface area contributed by atoms with Gasteiger partial charge in [-0.15, -0.1) is 0 Å². The molecule has 2 heterocycles. The Balaban J connectivity index is 2.26. The lowest BCUT2D eigenvalue weighted by Crippen LogP contribution is -1.97. The van der Waals surface area contributed by atoms with Crippen molar-refractivity contribution in [2.24, 2.45) is 0 Å². The van der Waals surface area contributed by atoms with E-state index in [1.165, 1.54) is 0 Å². The summed E-state index contributed by atoms with van der Waals surface area (Å²) in [4.78, 5) is 8.09. The van der Waals surface area contributed by atoms with Crippen molar-refractivity contribution < 1.29 is 0 Å². The molecule has 0 aliphatic carbocycles. The van der Waals surface area contributed by atoms with Gasteiger partial charge in [-0.25, -0.2) is 9.97 Å². The Morgan fingerprint density at radius 2 is 1.29 bits per heavy atom. The molecule has 0 spiro atoms. The molecule has 0 bridgehead atoms. The van der Waals surface area contributed by atoms with Crippen molar-refractivity contribution in [3.63, 3.8) is 0 Å². The molecule has 0 fully saturated rings. The van der Waals surface area contributed by atoms with Crippen LogP contribution in [0.4, 0.5) is 11.6 Å². The lowest BCUT2D eigenvalue weighted by atomic mass is 10.3. The Morgan fingerprint density at radius 1 is 0.824 bits per heavy atom. The minimum absolute atomic E-state index is 0.325. The number of hydrogen-bond acceptors (Lipinski definition) is 5. The quantitative estimate of drug-likeness (QED) is 0.837. The molecule has 0 saturated heterocycles. The molecular weight excluding hydrogens is 214 g/mol. The molecule has 0 aliphatic rings. The maximum absolute atomic E-state index is 8.71. The van der Waals surface area contributed by atoms with E-state index in [1.807, 2.05) is 12.1 Å². The molecule has 17 heavy (non-hydrogen) atoms. The largest absolute Gasteiger partial charge is 0.325 e. The normalized spacial score (nSPS) is 9.06. The molecule has 0 radical (unpaired) electrons. The second-order valence-corrected chi connectivity index (χ2v) is 3.16. The summed E-state index contributed by atoms with van der Waals surface area (Å²) in [5.74, 6) is 1.04. The minimum Gasteiger partial charge on any atom is -0.325 e. The zero-order valence-corrected chi connectivity index (χ0v) is 8.75. The average molecular weight is 221 g/mol. The van der Waals surface area contributed by atoms with Crippen molar-refractivity contribution in [1.29, 1.82) is 10.5 Å². The van der Waals surface area contributed by atoms with Crippen LogP contribution in [0, 0.1) is 22.7 Å². The molecule has 0 aromatic carbocycles. The van der Waals surface area contributed by atoms with E-state index >= 15 is 0 Å². The summed E-state index contributed by atoms with van der Waals surface area (Å²) < 4.78 is 0. The van der Waals surface area contributed by atoms with Gasteiger partial charge in [-0.05, 0) is 24.3 Å². The third kappa shape index (κ3) is 2.55. The van der Waals surface area contributed by atoms with Crippen LogP contribution in [0.2, 0.25) is 0 Å². The van der Waals surface area contributed by atoms with Crippen molar-refractivity contribution in [2.45, 2.75) is 0 Å². The first kappa shape index (κ1) is 10.6. The van der Waals surface area contributed by atoms with Gasteiger partial charge in [0.15, 0.2) is 0 Å². The molecule has 5 nitrogen and oxygen atoms in total. The predicted octanol–water partition coefficient (Wildman–Crippen LogP) is 1.96. The zero-order chi connectivity index (χ0) is 12.1. The van der Waals surface area contributed by atoms with Gasteiger partial charge in [0.2, 0.25) is 0 Å². The van der Waals surface area contributed by atoms with E-state index in [2.05, 4.69) is 15.3 Å². The molecule has 1 N–H and O–H groups in total. The summed E-state index contributed by atoms with van der Waals surface area (Å²) in [6.07, 6.45) is 0. The predicted molar refractivity (Wildman–Crippen MR) is 61.2 cm³/mol. The van der Waals surface area contributed by atoms with Gasteiger partial charge in [0.05, 0.1) is 0 Å². The standard InChI is InChI=1S/C12H7N5/c13-7-9-3-1-5-11(15-9)17-12-6-2-4-10(8-14)16-12/h1-6H,(H,15,16,17). The first-order valence-corrected chi connectivity index (χ1v) is 4.83. The van der Waals surface area contributed by atoms with Crippen LogP contribution in [0.15, 0.2) is 36.4 Å². The number of aromatic nitrogens is 2. The second-order valence-electron chi connectivity index (χ2n) is 3.16. The fourth-order valence-corrected chi connectivity index (χ4v) is 1.26. The van der Waals surface area contributed by atoms with Gasteiger partial charge in [0.25, 0.3) is 0 Å². The molecule has 2 rings (SSSR count). The molecule has 0 aliphatic heterocycles. The van der Waals surface area contributed by atoms with Crippen molar-refractivity contribution >= 4 is 11.6 Å². The molecule has 80 valence electrons. The summed E-state index contributed by atoms with van der Waals surface area (Å²) in [6, 6.07) is 14.0. The molecule has 0 saturated carbocycles. The summed E-state index contributed by atoms with van der Waals surface area (Å²) in [7, 11) is 0. The minimum atomic E-state index is 0.325. The molecule has 5 heteroatoms. The number of nitrogens with zero attached hydrogens (tertiary/aromatic N) is 4. The Bertz CT molecular complexity index is 566.